The van der Waals surface area contributed by atoms with Crippen LogP contribution in [0.4, 0.5) is 5.69 Å². The number of carbonyl (C=O) groups is 2. The van der Waals surface area contributed by atoms with Gasteiger partial charge in [0.25, 0.3) is 5.91 Å². The minimum absolute atomic E-state index is 0.0661. The molecule has 4 aromatic rings. The lowest BCUT2D eigenvalue weighted by molar-refractivity contribution is -0.128. The zero-order valence-corrected chi connectivity index (χ0v) is 18.8. The molecule has 0 spiro atoms. The average Bonchev–Trinajstić information content (AvgIpc) is 3.54. The molecule has 0 aliphatic heterocycles. The van der Waals surface area contributed by atoms with Gasteiger partial charge in [0.2, 0.25) is 5.91 Å². The van der Waals surface area contributed by atoms with Gasteiger partial charge in [-0.15, -0.1) is 5.10 Å². The molecule has 34 heavy (non-hydrogen) atoms. The van der Waals surface area contributed by atoms with Crippen LogP contribution in [0.5, 0.6) is 0 Å². The number of nitrogens with one attached hydrogen (secondary N) is 1. The van der Waals surface area contributed by atoms with E-state index in [2.05, 4.69) is 15.6 Å². The maximum Gasteiger partial charge on any atom is 0.251 e. The molecule has 1 N–H and O–H groups in total. The molecule has 0 unspecified atom stereocenters. The zero-order chi connectivity index (χ0) is 23.3. The summed E-state index contributed by atoms with van der Waals surface area (Å²) in [6.07, 6.45) is 6.79. The van der Waals surface area contributed by atoms with Crippen LogP contribution in [-0.4, -0.2) is 32.9 Å². The highest BCUT2D eigenvalue weighted by Gasteiger charge is 2.36. The van der Waals surface area contributed by atoms with Crippen molar-refractivity contribution in [3.05, 3.63) is 78.8 Å². The number of hydrogen-bond donors (Lipinski definition) is 1. The number of nitrogens with zero attached hydrogens (tertiary/aromatic N) is 4. The van der Waals surface area contributed by atoms with Crippen molar-refractivity contribution in [3.63, 3.8) is 0 Å². The van der Waals surface area contributed by atoms with Gasteiger partial charge in [-0.3, -0.25) is 14.5 Å². The van der Waals surface area contributed by atoms with Crippen molar-refractivity contribution in [2.75, 3.05) is 4.90 Å². The molecule has 8 heteroatoms. The van der Waals surface area contributed by atoms with Crippen molar-refractivity contribution >= 4 is 28.5 Å². The third-order valence-electron chi connectivity index (χ3n) is 6.28. The second-order valence-electron chi connectivity index (χ2n) is 8.60. The van der Waals surface area contributed by atoms with Gasteiger partial charge in [-0.25, -0.2) is 4.68 Å². The number of para-hydroxylation sites is 2. The molecule has 2 heterocycles. The summed E-state index contributed by atoms with van der Waals surface area (Å²) in [5.41, 5.74) is 2.07. The van der Waals surface area contributed by atoms with Gasteiger partial charge < -0.3 is 9.73 Å². The molecule has 1 fully saturated rings. The third kappa shape index (κ3) is 4.57. The second kappa shape index (κ2) is 9.91. The van der Waals surface area contributed by atoms with E-state index >= 15 is 0 Å². The molecule has 2 amide bonds. The quantitative estimate of drug-likeness (QED) is 0.448. The Morgan fingerprint density at radius 3 is 2.53 bits per heavy atom. The Morgan fingerprint density at radius 2 is 1.76 bits per heavy atom. The minimum Gasteiger partial charge on any atom is -0.467 e. The molecule has 1 aliphatic carbocycles. The van der Waals surface area contributed by atoms with E-state index in [4.69, 9.17) is 4.42 Å². The Morgan fingerprint density at radius 1 is 1.00 bits per heavy atom. The first-order valence-corrected chi connectivity index (χ1v) is 11.7. The number of amides is 2. The van der Waals surface area contributed by atoms with Crippen LogP contribution in [0.15, 0.2) is 77.4 Å². The molecule has 0 radical (unpaired) electrons. The zero-order valence-electron chi connectivity index (χ0n) is 18.8. The van der Waals surface area contributed by atoms with Gasteiger partial charge in [-0.05, 0) is 49.2 Å². The van der Waals surface area contributed by atoms with Crippen LogP contribution in [0, 0.1) is 0 Å². The van der Waals surface area contributed by atoms with Gasteiger partial charge in [-0.1, -0.05) is 54.8 Å². The molecule has 1 saturated carbocycles. The summed E-state index contributed by atoms with van der Waals surface area (Å²) in [5.74, 6) is -0.126. The van der Waals surface area contributed by atoms with Crippen LogP contribution in [0.2, 0.25) is 0 Å². The predicted molar refractivity (Wildman–Crippen MR) is 128 cm³/mol. The van der Waals surface area contributed by atoms with E-state index in [9.17, 15) is 9.59 Å². The van der Waals surface area contributed by atoms with Crippen LogP contribution < -0.4 is 10.2 Å². The van der Waals surface area contributed by atoms with Gasteiger partial charge in [-0.2, -0.15) is 0 Å². The first-order chi connectivity index (χ1) is 16.7. The van der Waals surface area contributed by atoms with Gasteiger partial charge in [0.1, 0.15) is 17.8 Å². The number of carbonyl (C=O) groups excluding carboxylic acids is 2. The molecule has 1 atom stereocenters. The maximum absolute atomic E-state index is 13.8. The lowest BCUT2D eigenvalue weighted by Gasteiger charge is -2.32. The fraction of sp³-hybridized carbons (Fsp3) is 0.308. The smallest absolute Gasteiger partial charge is 0.251 e. The van der Waals surface area contributed by atoms with E-state index in [0.29, 0.717) is 17.0 Å². The van der Waals surface area contributed by atoms with Crippen LogP contribution in [-0.2, 0) is 16.1 Å². The van der Waals surface area contributed by atoms with E-state index in [1.807, 2.05) is 54.6 Å². The molecule has 1 aliphatic rings. The minimum atomic E-state index is -0.943. The van der Waals surface area contributed by atoms with E-state index in [1.54, 1.807) is 16.8 Å². The van der Waals surface area contributed by atoms with E-state index in [1.165, 1.54) is 17.6 Å². The summed E-state index contributed by atoms with van der Waals surface area (Å²) in [7, 11) is 0. The number of furan rings is 1. The first-order valence-electron chi connectivity index (χ1n) is 11.7. The van der Waals surface area contributed by atoms with Crippen molar-refractivity contribution < 1.29 is 14.0 Å². The third-order valence-corrected chi connectivity index (χ3v) is 6.28. The number of rotatable bonds is 7. The van der Waals surface area contributed by atoms with E-state index in [0.717, 1.165) is 31.2 Å². The summed E-state index contributed by atoms with van der Waals surface area (Å²) < 4.78 is 7.24. The number of anilines is 1. The topological polar surface area (TPSA) is 93.3 Å². The predicted octanol–water partition coefficient (Wildman–Crippen LogP) is 4.25. The molecule has 0 bridgehead atoms. The Bertz CT molecular complexity index is 1250. The highest BCUT2D eigenvalue weighted by molar-refractivity contribution is 6.01. The van der Waals surface area contributed by atoms with E-state index < -0.39 is 6.04 Å². The van der Waals surface area contributed by atoms with Crippen molar-refractivity contribution in [2.45, 2.75) is 50.7 Å². The van der Waals surface area contributed by atoms with Gasteiger partial charge >= 0.3 is 0 Å². The fourth-order valence-electron chi connectivity index (χ4n) is 4.61. The Balaban J connectivity index is 1.50. The molecular weight excluding hydrogens is 430 g/mol. The lowest BCUT2D eigenvalue weighted by atomic mass is 9.95. The SMILES string of the molecule is O=C(NC1CCCCC1)[C@H](c1ccco1)N(C(=O)Cn1nnc2ccccc21)c1ccccc1. The summed E-state index contributed by atoms with van der Waals surface area (Å²) >= 11 is 0. The number of hydrogen-bond acceptors (Lipinski definition) is 5. The molecule has 2 aromatic carbocycles. The highest BCUT2D eigenvalue weighted by atomic mass is 16.3. The summed E-state index contributed by atoms with van der Waals surface area (Å²) in [4.78, 5) is 29.0. The van der Waals surface area contributed by atoms with Crippen molar-refractivity contribution in [3.8, 4) is 0 Å². The van der Waals surface area contributed by atoms with Crippen LogP contribution in [0.1, 0.15) is 43.9 Å². The maximum atomic E-state index is 13.8. The molecular formula is C26H27N5O3. The monoisotopic (exact) mass is 457 g/mol. The number of benzene rings is 2. The van der Waals surface area contributed by atoms with Crippen molar-refractivity contribution in [1.29, 1.82) is 0 Å². The van der Waals surface area contributed by atoms with Gasteiger partial charge in [0, 0.05) is 11.7 Å². The average molecular weight is 458 g/mol. The van der Waals surface area contributed by atoms with Crippen LogP contribution in [0.25, 0.3) is 11.0 Å². The molecule has 174 valence electrons. The second-order valence-corrected chi connectivity index (χ2v) is 8.60. The van der Waals surface area contributed by atoms with Crippen LogP contribution in [0.3, 0.4) is 0 Å². The fourth-order valence-corrected chi connectivity index (χ4v) is 4.61. The standard InChI is InChI=1S/C26H27N5O3/c32-24(18-30-22-15-8-7-14-21(22)28-29-30)31(20-12-5-2-6-13-20)25(23-16-9-17-34-23)26(33)27-19-10-3-1-4-11-19/h2,5-9,12-17,19,25H,1,3-4,10-11,18H2,(H,27,33)/t25-/m0/s1. The Kier molecular flexibility index (Phi) is 6.38. The summed E-state index contributed by atoms with van der Waals surface area (Å²) in [6.45, 7) is -0.0661. The van der Waals surface area contributed by atoms with Crippen molar-refractivity contribution in [1.82, 2.24) is 20.3 Å². The Labute approximate surface area is 197 Å². The molecule has 2 aromatic heterocycles. The van der Waals surface area contributed by atoms with Gasteiger partial charge in [0.05, 0.1) is 11.8 Å². The normalized spacial score (nSPS) is 15.2. The Hall–Kier alpha value is -3.94. The van der Waals surface area contributed by atoms with Crippen LogP contribution >= 0.6 is 0 Å². The first kappa shape index (κ1) is 21.9. The highest BCUT2D eigenvalue weighted by Crippen LogP contribution is 2.30. The van der Waals surface area contributed by atoms with E-state index in [-0.39, 0.29) is 24.4 Å². The molecule has 0 saturated heterocycles. The number of fused-ring (bicyclic) bond motifs is 1. The molecule has 5 rings (SSSR count). The van der Waals surface area contributed by atoms with Gasteiger partial charge in [0.15, 0.2) is 6.04 Å². The van der Waals surface area contributed by atoms with Crippen molar-refractivity contribution in [2.24, 2.45) is 0 Å². The largest absolute Gasteiger partial charge is 0.467 e. The summed E-state index contributed by atoms with van der Waals surface area (Å²) in [5, 5.41) is 11.5. The lowest BCUT2D eigenvalue weighted by Crippen LogP contribution is -2.48. The molecule has 8 nitrogen and oxygen atoms in total. The summed E-state index contributed by atoms with van der Waals surface area (Å²) in [6, 6.07) is 19.3. The number of aromatic nitrogens is 3.